The number of ether oxygens (including phenoxy) is 1. The Morgan fingerprint density at radius 1 is 1.73 bits per heavy atom. The highest BCUT2D eigenvalue weighted by Gasteiger charge is 2.40. The van der Waals surface area contributed by atoms with Crippen molar-refractivity contribution in [1.82, 2.24) is 4.90 Å². The first-order chi connectivity index (χ1) is 7.14. The Kier molecular flexibility index (Phi) is 4.29. The first kappa shape index (κ1) is 12.2. The van der Waals surface area contributed by atoms with Gasteiger partial charge in [0.1, 0.15) is 5.54 Å². The van der Waals surface area contributed by atoms with Crippen LogP contribution >= 0.6 is 0 Å². The summed E-state index contributed by atoms with van der Waals surface area (Å²) in [5, 5.41) is 0. The molecule has 1 aliphatic rings. The van der Waals surface area contributed by atoms with Crippen molar-refractivity contribution in [3.63, 3.8) is 0 Å². The van der Waals surface area contributed by atoms with Crippen molar-refractivity contribution in [3.8, 4) is 0 Å². The van der Waals surface area contributed by atoms with Crippen molar-refractivity contribution >= 4 is 5.91 Å². The average molecular weight is 212 g/mol. The lowest BCUT2D eigenvalue weighted by Crippen LogP contribution is -2.56. The van der Waals surface area contributed by atoms with Crippen LogP contribution in [0.1, 0.15) is 19.8 Å². The molecule has 1 fully saturated rings. The van der Waals surface area contributed by atoms with Gasteiger partial charge in [0, 0.05) is 19.7 Å². The van der Waals surface area contributed by atoms with Crippen molar-refractivity contribution < 1.29 is 9.53 Å². The van der Waals surface area contributed by atoms with Gasteiger partial charge in [0.15, 0.2) is 0 Å². The summed E-state index contributed by atoms with van der Waals surface area (Å²) in [7, 11) is 0. The van der Waals surface area contributed by atoms with Gasteiger partial charge < -0.3 is 15.4 Å². The molecule has 86 valence electrons. The molecule has 1 rings (SSSR count). The summed E-state index contributed by atoms with van der Waals surface area (Å²) in [4.78, 5) is 13.9. The van der Waals surface area contributed by atoms with E-state index in [0.29, 0.717) is 26.2 Å². The van der Waals surface area contributed by atoms with Gasteiger partial charge in [0.2, 0.25) is 5.91 Å². The first-order valence-corrected chi connectivity index (χ1v) is 5.41. The van der Waals surface area contributed by atoms with Crippen molar-refractivity contribution in [1.29, 1.82) is 0 Å². The van der Waals surface area contributed by atoms with Gasteiger partial charge in [-0.05, 0) is 12.8 Å². The SMILES string of the molecule is C=CCN(CCC)C(=O)C1(N)CCOC1. The van der Waals surface area contributed by atoms with E-state index in [1.807, 2.05) is 6.92 Å². The molecule has 1 saturated heterocycles. The van der Waals surface area contributed by atoms with Gasteiger partial charge in [0.05, 0.1) is 6.61 Å². The highest BCUT2D eigenvalue weighted by Crippen LogP contribution is 2.18. The molecule has 1 atom stereocenters. The van der Waals surface area contributed by atoms with E-state index in [0.717, 1.165) is 13.0 Å². The van der Waals surface area contributed by atoms with Gasteiger partial charge in [-0.2, -0.15) is 0 Å². The molecule has 15 heavy (non-hydrogen) atoms. The summed E-state index contributed by atoms with van der Waals surface area (Å²) >= 11 is 0. The van der Waals surface area contributed by atoms with Gasteiger partial charge >= 0.3 is 0 Å². The zero-order valence-corrected chi connectivity index (χ0v) is 9.37. The third-order valence-corrected chi connectivity index (χ3v) is 2.61. The van der Waals surface area contributed by atoms with Gasteiger partial charge in [-0.25, -0.2) is 0 Å². The molecule has 0 aromatic carbocycles. The molecular weight excluding hydrogens is 192 g/mol. The second kappa shape index (κ2) is 5.28. The number of rotatable bonds is 5. The Labute approximate surface area is 91.1 Å². The second-order valence-electron chi connectivity index (χ2n) is 4.00. The molecular formula is C11H20N2O2. The number of nitrogens with two attached hydrogens (primary N) is 1. The van der Waals surface area contributed by atoms with E-state index in [1.165, 1.54) is 0 Å². The zero-order valence-electron chi connectivity index (χ0n) is 9.37. The third-order valence-electron chi connectivity index (χ3n) is 2.61. The number of amides is 1. The minimum Gasteiger partial charge on any atom is -0.379 e. The molecule has 0 aromatic rings. The molecule has 1 heterocycles. The number of carbonyl (C=O) groups excluding carboxylic acids is 1. The molecule has 0 bridgehead atoms. The van der Waals surface area contributed by atoms with Crippen molar-refractivity contribution in [2.75, 3.05) is 26.3 Å². The lowest BCUT2D eigenvalue weighted by molar-refractivity contribution is -0.136. The maximum absolute atomic E-state index is 12.1. The summed E-state index contributed by atoms with van der Waals surface area (Å²) in [5.74, 6) is -0.0123. The van der Waals surface area contributed by atoms with Gasteiger partial charge in [0.25, 0.3) is 0 Å². The van der Waals surface area contributed by atoms with E-state index < -0.39 is 5.54 Å². The van der Waals surface area contributed by atoms with Crippen LogP contribution in [0.5, 0.6) is 0 Å². The summed E-state index contributed by atoms with van der Waals surface area (Å²) in [5.41, 5.74) is 5.21. The first-order valence-electron chi connectivity index (χ1n) is 5.41. The molecule has 1 amide bonds. The van der Waals surface area contributed by atoms with Crippen LogP contribution in [0, 0.1) is 0 Å². The van der Waals surface area contributed by atoms with Crippen LogP contribution < -0.4 is 5.73 Å². The molecule has 0 saturated carbocycles. The maximum atomic E-state index is 12.1. The summed E-state index contributed by atoms with van der Waals surface area (Å²) < 4.78 is 5.19. The molecule has 0 radical (unpaired) electrons. The van der Waals surface area contributed by atoms with E-state index in [9.17, 15) is 4.79 Å². The number of hydrogen-bond acceptors (Lipinski definition) is 3. The minimum atomic E-state index is -0.807. The summed E-state index contributed by atoms with van der Waals surface area (Å²) in [6.07, 6.45) is 3.27. The molecule has 1 unspecified atom stereocenters. The smallest absolute Gasteiger partial charge is 0.245 e. The molecule has 2 N–H and O–H groups in total. The van der Waals surface area contributed by atoms with E-state index in [2.05, 4.69) is 6.58 Å². The fourth-order valence-corrected chi connectivity index (χ4v) is 1.77. The fourth-order valence-electron chi connectivity index (χ4n) is 1.77. The van der Waals surface area contributed by atoms with Crippen molar-refractivity contribution in [2.45, 2.75) is 25.3 Å². The topological polar surface area (TPSA) is 55.6 Å². The predicted octanol–water partition coefficient (Wildman–Crippen LogP) is 0.529. The largest absolute Gasteiger partial charge is 0.379 e. The predicted molar refractivity (Wildman–Crippen MR) is 59.4 cm³/mol. The molecule has 1 aliphatic heterocycles. The quantitative estimate of drug-likeness (QED) is 0.676. The van der Waals surface area contributed by atoms with Crippen LogP contribution in [-0.4, -0.2) is 42.6 Å². The molecule has 4 nitrogen and oxygen atoms in total. The fraction of sp³-hybridized carbons (Fsp3) is 0.727. The standard InChI is InChI=1S/C11H20N2O2/c1-3-6-13(7-4-2)10(14)11(12)5-8-15-9-11/h3H,1,4-9,12H2,2H3. The van der Waals surface area contributed by atoms with Crippen LogP contribution in [0.15, 0.2) is 12.7 Å². The lowest BCUT2D eigenvalue weighted by atomic mass is 9.98. The van der Waals surface area contributed by atoms with Gasteiger partial charge in [-0.3, -0.25) is 4.79 Å². The Morgan fingerprint density at radius 3 is 2.93 bits per heavy atom. The van der Waals surface area contributed by atoms with Gasteiger partial charge in [-0.15, -0.1) is 6.58 Å². The zero-order chi connectivity index (χ0) is 11.3. The Morgan fingerprint density at radius 2 is 2.47 bits per heavy atom. The van der Waals surface area contributed by atoms with E-state index in [-0.39, 0.29) is 5.91 Å². The van der Waals surface area contributed by atoms with Crippen molar-refractivity contribution in [3.05, 3.63) is 12.7 Å². The number of carbonyl (C=O) groups is 1. The average Bonchev–Trinajstić information content (AvgIpc) is 2.65. The maximum Gasteiger partial charge on any atom is 0.245 e. The summed E-state index contributed by atoms with van der Waals surface area (Å²) in [6.45, 7) is 7.89. The Hall–Kier alpha value is -0.870. The number of hydrogen-bond donors (Lipinski definition) is 1. The number of nitrogens with zero attached hydrogens (tertiary/aromatic N) is 1. The van der Waals surface area contributed by atoms with Gasteiger partial charge in [-0.1, -0.05) is 13.0 Å². The van der Waals surface area contributed by atoms with Crippen LogP contribution in [0.2, 0.25) is 0 Å². The lowest BCUT2D eigenvalue weighted by Gasteiger charge is -2.29. The highest BCUT2D eigenvalue weighted by molar-refractivity contribution is 5.86. The minimum absolute atomic E-state index is 0.0123. The van der Waals surface area contributed by atoms with E-state index in [4.69, 9.17) is 10.5 Å². The Balaban J connectivity index is 2.65. The van der Waals surface area contributed by atoms with Crippen LogP contribution in [0.4, 0.5) is 0 Å². The monoisotopic (exact) mass is 212 g/mol. The molecule has 0 aliphatic carbocycles. The molecule has 0 aromatic heterocycles. The van der Waals surface area contributed by atoms with Crippen LogP contribution in [0.25, 0.3) is 0 Å². The second-order valence-corrected chi connectivity index (χ2v) is 4.00. The third kappa shape index (κ3) is 2.79. The molecule has 4 heteroatoms. The molecule has 0 spiro atoms. The highest BCUT2D eigenvalue weighted by atomic mass is 16.5. The Bertz CT molecular complexity index is 235. The van der Waals surface area contributed by atoms with Crippen LogP contribution in [0.3, 0.4) is 0 Å². The van der Waals surface area contributed by atoms with E-state index in [1.54, 1.807) is 11.0 Å². The van der Waals surface area contributed by atoms with Crippen molar-refractivity contribution in [2.24, 2.45) is 5.73 Å². The van der Waals surface area contributed by atoms with E-state index >= 15 is 0 Å². The normalized spacial score (nSPS) is 25.2. The van der Waals surface area contributed by atoms with Crippen LogP contribution in [-0.2, 0) is 9.53 Å². The summed E-state index contributed by atoms with van der Waals surface area (Å²) in [6, 6.07) is 0.